The third-order valence-corrected chi connectivity index (χ3v) is 3.60. The maximum Gasteiger partial charge on any atom is 0.277 e. The highest BCUT2D eigenvalue weighted by molar-refractivity contribution is 5.78. The number of anilines is 3. The van der Waals surface area contributed by atoms with Crippen molar-refractivity contribution in [2.75, 3.05) is 16.4 Å². The minimum atomic E-state index is -0.466. The Balaban J connectivity index is 2.54. The summed E-state index contributed by atoms with van der Waals surface area (Å²) in [6, 6.07) is -0.466. The van der Waals surface area contributed by atoms with Crippen LogP contribution in [0.15, 0.2) is 4.79 Å². The van der Waals surface area contributed by atoms with Crippen molar-refractivity contribution in [2.45, 2.75) is 38.3 Å². The van der Waals surface area contributed by atoms with E-state index in [4.69, 9.17) is 5.73 Å². The molecule has 1 aromatic heterocycles. The summed E-state index contributed by atoms with van der Waals surface area (Å²) < 4.78 is 0. The summed E-state index contributed by atoms with van der Waals surface area (Å²) in [5.74, 6) is 0.455. The topological polar surface area (TPSA) is 113 Å². The van der Waals surface area contributed by atoms with Gasteiger partial charge in [-0.1, -0.05) is 13.8 Å². The number of H-pyrrole nitrogens is 1. The maximum atomic E-state index is 11.7. The van der Waals surface area contributed by atoms with E-state index in [1.807, 2.05) is 13.8 Å². The summed E-state index contributed by atoms with van der Waals surface area (Å²) in [5.41, 5.74) is 4.96. The van der Waals surface area contributed by atoms with Gasteiger partial charge in [0.25, 0.3) is 5.56 Å². The fraction of sp³-hybridized carbons (Fsp3) is 0.545. The zero-order valence-corrected chi connectivity index (χ0v) is 10.4. The second-order valence-electron chi connectivity index (χ2n) is 4.42. The fourth-order valence-corrected chi connectivity index (χ4v) is 2.35. The summed E-state index contributed by atoms with van der Waals surface area (Å²) in [6.45, 7) is 3.96. The number of aromatic amines is 1. The number of aromatic nitrogens is 2. The van der Waals surface area contributed by atoms with Crippen molar-refractivity contribution in [1.29, 1.82) is 0 Å². The number of fused-ring (bicyclic) bond motifs is 1. The van der Waals surface area contributed by atoms with Crippen LogP contribution in [0.4, 0.5) is 17.5 Å². The molecular formula is C11H17N5O2. The number of nitrogens with one attached hydrogen (secondary N) is 3. The lowest BCUT2D eigenvalue weighted by Crippen LogP contribution is -2.57. The summed E-state index contributed by atoms with van der Waals surface area (Å²) in [5, 5.41) is 6.13. The Hall–Kier alpha value is -2.05. The molecule has 7 nitrogen and oxygen atoms in total. The van der Waals surface area contributed by atoms with Gasteiger partial charge in [-0.2, -0.15) is 4.98 Å². The molecule has 2 heterocycles. The van der Waals surface area contributed by atoms with E-state index in [0.29, 0.717) is 5.82 Å². The summed E-state index contributed by atoms with van der Waals surface area (Å²) in [7, 11) is 0. The van der Waals surface area contributed by atoms with Gasteiger partial charge in [-0.15, -0.1) is 0 Å². The Morgan fingerprint density at radius 2 is 2.11 bits per heavy atom. The van der Waals surface area contributed by atoms with Crippen LogP contribution in [-0.2, 0) is 4.79 Å². The van der Waals surface area contributed by atoms with Crippen molar-refractivity contribution in [3.05, 3.63) is 10.4 Å². The quantitative estimate of drug-likeness (QED) is 0.575. The molecule has 0 amide bonds. The largest absolute Gasteiger partial charge is 0.369 e. The molecule has 0 fully saturated rings. The molecule has 1 atom stereocenters. The molecule has 1 unspecified atom stereocenters. The van der Waals surface area contributed by atoms with Crippen LogP contribution >= 0.6 is 0 Å². The van der Waals surface area contributed by atoms with Crippen molar-refractivity contribution in [1.82, 2.24) is 9.97 Å². The molecular weight excluding hydrogens is 234 g/mol. The first-order valence-corrected chi connectivity index (χ1v) is 5.96. The van der Waals surface area contributed by atoms with Crippen LogP contribution < -0.4 is 21.9 Å². The molecule has 0 radical (unpaired) electrons. The molecule has 98 valence electrons. The van der Waals surface area contributed by atoms with E-state index in [0.717, 1.165) is 19.1 Å². The van der Waals surface area contributed by atoms with Gasteiger partial charge < -0.3 is 21.2 Å². The Morgan fingerprint density at radius 3 is 2.67 bits per heavy atom. The standard InChI is InChI=1S/C11H17N5O2/c1-3-11(4-2)6(5-17)13-7-8(16-11)14-10(12)15-9(7)18/h5-6,13H,3-4H2,1-2H3,(H4,12,14,15,16,18). The number of aldehydes is 1. The molecule has 5 N–H and O–H groups in total. The molecule has 0 saturated carbocycles. The zero-order valence-electron chi connectivity index (χ0n) is 10.4. The molecule has 0 aromatic carbocycles. The average Bonchev–Trinajstić information content (AvgIpc) is 2.36. The first-order valence-electron chi connectivity index (χ1n) is 5.96. The maximum absolute atomic E-state index is 11.7. The molecule has 18 heavy (non-hydrogen) atoms. The second kappa shape index (κ2) is 4.32. The SMILES string of the molecule is CCC1(CC)Nc2nc(N)[nH]c(=O)c2NC1C=O. The highest BCUT2D eigenvalue weighted by atomic mass is 16.1. The van der Waals surface area contributed by atoms with Crippen molar-refractivity contribution in [3.8, 4) is 0 Å². The molecule has 1 aromatic rings. The minimum Gasteiger partial charge on any atom is -0.369 e. The minimum absolute atomic E-state index is 0.0544. The van der Waals surface area contributed by atoms with Crippen molar-refractivity contribution < 1.29 is 4.79 Å². The number of carbonyl (C=O) groups excluding carboxylic acids is 1. The van der Waals surface area contributed by atoms with Gasteiger partial charge in [-0.25, -0.2) is 0 Å². The van der Waals surface area contributed by atoms with Gasteiger partial charge in [0.2, 0.25) is 5.95 Å². The molecule has 0 saturated heterocycles. The lowest BCUT2D eigenvalue weighted by atomic mass is 9.83. The van der Waals surface area contributed by atoms with E-state index in [1.165, 1.54) is 0 Å². The van der Waals surface area contributed by atoms with Crippen molar-refractivity contribution in [3.63, 3.8) is 0 Å². The molecule has 1 aliphatic heterocycles. The molecule has 7 heteroatoms. The molecule has 0 bridgehead atoms. The second-order valence-corrected chi connectivity index (χ2v) is 4.42. The van der Waals surface area contributed by atoms with Crippen LogP contribution in [-0.4, -0.2) is 27.8 Å². The highest BCUT2D eigenvalue weighted by Gasteiger charge is 2.41. The number of nitrogens with zero attached hydrogens (tertiary/aromatic N) is 1. The Kier molecular flexibility index (Phi) is 2.98. The third kappa shape index (κ3) is 1.71. The average molecular weight is 251 g/mol. The van der Waals surface area contributed by atoms with Gasteiger partial charge in [0.1, 0.15) is 18.0 Å². The molecule has 0 spiro atoms. The van der Waals surface area contributed by atoms with Gasteiger partial charge >= 0.3 is 0 Å². The van der Waals surface area contributed by atoms with Crippen LogP contribution in [0.3, 0.4) is 0 Å². The van der Waals surface area contributed by atoms with E-state index in [-0.39, 0.29) is 17.2 Å². The van der Waals surface area contributed by atoms with Crippen molar-refractivity contribution in [2.24, 2.45) is 0 Å². The normalized spacial score (nSPS) is 20.4. The number of nitrogens with two attached hydrogens (primary N) is 1. The first-order chi connectivity index (χ1) is 8.56. The van der Waals surface area contributed by atoms with Crippen LogP contribution in [0.25, 0.3) is 0 Å². The number of carbonyl (C=O) groups is 1. The van der Waals surface area contributed by atoms with Gasteiger partial charge in [-0.3, -0.25) is 9.78 Å². The van der Waals surface area contributed by atoms with Gasteiger partial charge in [-0.05, 0) is 12.8 Å². The monoisotopic (exact) mass is 251 g/mol. The summed E-state index contributed by atoms with van der Waals surface area (Å²) in [6.07, 6.45) is 2.28. The number of hydrogen-bond acceptors (Lipinski definition) is 6. The zero-order chi connectivity index (χ0) is 13.3. The smallest absolute Gasteiger partial charge is 0.277 e. The van der Waals surface area contributed by atoms with Crippen molar-refractivity contribution >= 4 is 23.7 Å². The summed E-state index contributed by atoms with van der Waals surface area (Å²) in [4.78, 5) is 29.4. The molecule has 0 aliphatic carbocycles. The lowest BCUT2D eigenvalue weighted by molar-refractivity contribution is -0.109. The number of rotatable bonds is 3. The van der Waals surface area contributed by atoms with Gasteiger partial charge in [0.05, 0.1) is 5.54 Å². The lowest BCUT2D eigenvalue weighted by Gasteiger charge is -2.42. The third-order valence-electron chi connectivity index (χ3n) is 3.60. The van der Waals surface area contributed by atoms with Gasteiger partial charge in [0, 0.05) is 0 Å². The number of hydrogen-bond donors (Lipinski definition) is 4. The Morgan fingerprint density at radius 1 is 1.44 bits per heavy atom. The van der Waals surface area contributed by atoms with Crippen LogP contribution in [0, 0.1) is 0 Å². The highest BCUT2D eigenvalue weighted by Crippen LogP contribution is 2.33. The summed E-state index contributed by atoms with van der Waals surface area (Å²) >= 11 is 0. The number of nitrogen functional groups attached to an aromatic ring is 1. The first kappa shape index (κ1) is 12.4. The van der Waals surface area contributed by atoms with E-state index >= 15 is 0 Å². The molecule has 1 aliphatic rings. The van der Waals surface area contributed by atoms with Crippen LogP contribution in [0.1, 0.15) is 26.7 Å². The predicted octanol–water partition coefficient (Wildman–Crippen LogP) is 0.316. The van der Waals surface area contributed by atoms with Crippen LogP contribution in [0.5, 0.6) is 0 Å². The van der Waals surface area contributed by atoms with Crippen LogP contribution in [0.2, 0.25) is 0 Å². The Labute approximate surface area is 104 Å². The van der Waals surface area contributed by atoms with E-state index in [2.05, 4.69) is 20.6 Å². The van der Waals surface area contributed by atoms with E-state index in [1.54, 1.807) is 0 Å². The van der Waals surface area contributed by atoms with Gasteiger partial charge in [0.15, 0.2) is 5.82 Å². The fourth-order valence-electron chi connectivity index (χ4n) is 2.35. The Bertz CT molecular complexity index is 521. The van der Waals surface area contributed by atoms with E-state index < -0.39 is 11.6 Å². The predicted molar refractivity (Wildman–Crippen MR) is 69.7 cm³/mol. The molecule has 2 rings (SSSR count). The van der Waals surface area contributed by atoms with E-state index in [9.17, 15) is 9.59 Å².